The van der Waals surface area contributed by atoms with Crippen LogP contribution in [0, 0.1) is 12.7 Å². The van der Waals surface area contributed by atoms with Crippen LogP contribution in [0.5, 0.6) is 0 Å². The second-order valence-electron chi connectivity index (χ2n) is 4.45. The molecule has 0 bridgehead atoms. The van der Waals surface area contributed by atoms with Crippen LogP contribution in [-0.2, 0) is 6.54 Å². The van der Waals surface area contributed by atoms with Gasteiger partial charge in [0, 0.05) is 21.9 Å². The summed E-state index contributed by atoms with van der Waals surface area (Å²) in [6.45, 7) is 4.59. The van der Waals surface area contributed by atoms with Crippen molar-refractivity contribution in [1.82, 2.24) is 5.32 Å². The molecule has 0 aliphatic rings. The molecule has 102 valence electrons. The summed E-state index contributed by atoms with van der Waals surface area (Å²) in [4.78, 5) is 1.23. The lowest BCUT2D eigenvalue weighted by Crippen LogP contribution is -2.17. The third-order valence-electron chi connectivity index (χ3n) is 2.97. The van der Waals surface area contributed by atoms with E-state index in [1.54, 1.807) is 24.3 Å². The number of nitrogens with one attached hydrogen (secondary N) is 1. The predicted octanol–water partition coefficient (Wildman–Crippen LogP) is 5.57. The first kappa shape index (κ1) is 15.2. The highest BCUT2D eigenvalue weighted by atomic mass is 79.9. The molecular weight excluding hydrogens is 393 g/mol. The summed E-state index contributed by atoms with van der Waals surface area (Å²) in [5, 5.41) is 3.40. The van der Waals surface area contributed by atoms with E-state index in [1.165, 1.54) is 4.88 Å². The topological polar surface area (TPSA) is 12.0 Å². The van der Waals surface area contributed by atoms with E-state index in [9.17, 15) is 4.39 Å². The number of halogens is 3. The standard InChI is InChI=1S/C14H14Br2FNS/c1-8-3-4-10(5-13(8)17)9(2)18-7-11-6-12(15)14(16)19-11/h3-6,9,18H,7H2,1-2H3. The highest BCUT2D eigenvalue weighted by Crippen LogP contribution is 2.32. The van der Waals surface area contributed by atoms with Gasteiger partial charge in [0.15, 0.2) is 0 Å². The number of hydrogen-bond donors (Lipinski definition) is 1. The van der Waals surface area contributed by atoms with Crippen molar-refractivity contribution in [2.45, 2.75) is 26.4 Å². The number of rotatable bonds is 4. The summed E-state index contributed by atoms with van der Waals surface area (Å²) < 4.78 is 15.7. The van der Waals surface area contributed by atoms with Crippen molar-refractivity contribution in [3.63, 3.8) is 0 Å². The molecule has 0 aliphatic carbocycles. The molecule has 5 heteroatoms. The van der Waals surface area contributed by atoms with Crippen LogP contribution in [0.25, 0.3) is 0 Å². The van der Waals surface area contributed by atoms with E-state index >= 15 is 0 Å². The first-order valence-electron chi connectivity index (χ1n) is 5.90. The van der Waals surface area contributed by atoms with Gasteiger partial charge in [-0.1, -0.05) is 12.1 Å². The van der Waals surface area contributed by atoms with Crippen molar-refractivity contribution in [1.29, 1.82) is 0 Å². The zero-order valence-corrected chi connectivity index (χ0v) is 14.6. The van der Waals surface area contributed by atoms with Crippen LogP contribution in [0.1, 0.15) is 29.0 Å². The minimum absolute atomic E-state index is 0.120. The van der Waals surface area contributed by atoms with Gasteiger partial charge in [0.25, 0.3) is 0 Å². The van der Waals surface area contributed by atoms with Crippen molar-refractivity contribution in [3.8, 4) is 0 Å². The molecule has 2 aromatic rings. The molecular formula is C14H14Br2FNS. The van der Waals surface area contributed by atoms with Gasteiger partial charge in [0.05, 0.1) is 3.79 Å². The van der Waals surface area contributed by atoms with Gasteiger partial charge in [-0.05, 0) is 69.0 Å². The Balaban J connectivity index is 2.00. The Kier molecular flexibility index (Phi) is 5.17. The van der Waals surface area contributed by atoms with Gasteiger partial charge in [0.2, 0.25) is 0 Å². The molecule has 0 saturated carbocycles. The molecule has 19 heavy (non-hydrogen) atoms. The molecule has 2 rings (SSSR count). The quantitative estimate of drug-likeness (QED) is 0.699. The van der Waals surface area contributed by atoms with Crippen LogP contribution in [-0.4, -0.2) is 0 Å². The molecule has 0 fully saturated rings. The number of hydrogen-bond acceptors (Lipinski definition) is 2. The van der Waals surface area contributed by atoms with E-state index in [0.717, 1.165) is 20.4 Å². The smallest absolute Gasteiger partial charge is 0.126 e. The monoisotopic (exact) mass is 405 g/mol. The van der Waals surface area contributed by atoms with E-state index in [1.807, 2.05) is 19.1 Å². The van der Waals surface area contributed by atoms with E-state index in [0.29, 0.717) is 5.56 Å². The van der Waals surface area contributed by atoms with Crippen LogP contribution >= 0.6 is 43.2 Å². The fraction of sp³-hybridized carbons (Fsp3) is 0.286. The van der Waals surface area contributed by atoms with Crippen molar-refractivity contribution in [2.75, 3.05) is 0 Å². The van der Waals surface area contributed by atoms with Gasteiger partial charge in [-0.2, -0.15) is 0 Å². The first-order valence-corrected chi connectivity index (χ1v) is 8.30. The van der Waals surface area contributed by atoms with Crippen LogP contribution < -0.4 is 5.32 Å². The molecule has 1 unspecified atom stereocenters. The third-order valence-corrected chi connectivity index (χ3v) is 6.23. The minimum Gasteiger partial charge on any atom is -0.305 e. The molecule has 0 saturated heterocycles. The van der Waals surface area contributed by atoms with E-state index < -0.39 is 0 Å². The fourth-order valence-electron chi connectivity index (χ4n) is 1.73. The second-order valence-corrected chi connectivity index (χ2v) is 7.75. The number of aryl methyl sites for hydroxylation is 1. The summed E-state index contributed by atoms with van der Waals surface area (Å²) in [6.07, 6.45) is 0. The van der Waals surface area contributed by atoms with Gasteiger partial charge in [-0.25, -0.2) is 4.39 Å². The average molecular weight is 407 g/mol. The highest BCUT2D eigenvalue weighted by molar-refractivity contribution is 9.13. The molecule has 1 heterocycles. The molecule has 0 aliphatic heterocycles. The molecule has 1 atom stereocenters. The first-order chi connectivity index (χ1) is 8.97. The zero-order chi connectivity index (χ0) is 14.0. The van der Waals surface area contributed by atoms with Crippen molar-refractivity contribution in [2.24, 2.45) is 0 Å². The van der Waals surface area contributed by atoms with Gasteiger partial charge >= 0.3 is 0 Å². The van der Waals surface area contributed by atoms with Gasteiger partial charge < -0.3 is 5.32 Å². The lowest BCUT2D eigenvalue weighted by Gasteiger charge is -2.14. The van der Waals surface area contributed by atoms with Crippen LogP contribution in [0.15, 0.2) is 32.5 Å². The van der Waals surface area contributed by atoms with Gasteiger partial charge in [0.1, 0.15) is 5.82 Å². The third kappa shape index (κ3) is 3.88. The fourth-order valence-corrected chi connectivity index (χ4v) is 3.86. The molecule has 1 aromatic carbocycles. The number of benzene rings is 1. The largest absolute Gasteiger partial charge is 0.305 e. The van der Waals surface area contributed by atoms with Crippen LogP contribution in [0.4, 0.5) is 4.39 Å². The van der Waals surface area contributed by atoms with Gasteiger partial charge in [-0.15, -0.1) is 11.3 Å². The van der Waals surface area contributed by atoms with E-state index in [-0.39, 0.29) is 11.9 Å². The van der Waals surface area contributed by atoms with Crippen molar-refractivity contribution in [3.05, 3.63) is 54.3 Å². The maximum absolute atomic E-state index is 13.5. The SMILES string of the molecule is Cc1ccc(C(C)NCc2cc(Br)c(Br)s2)cc1F. The second kappa shape index (κ2) is 6.48. The average Bonchev–Trinajstić information content (AvgIpc) is 2.69. The summed E-state index contributed by atoms with van der Waals surface area (Å²) in [7, 11) is 0. The minimum atomic E-state index is -0.146. The Labute approximate surface area is 133 Å². The maximum atomic E-state index is 13.5. The van der Waals surface area contributed by atoms with E-state index in [2.05, 4.69) is 43.2 Å². The van der Waals surface area contributed by atoms with Crippen molar-refractivity contribution < 1.29 is 4.39 Å². The normalized spacial score (nSPS) is 12.7. The Morgan fingerprint density at radius 1 is 1.32 bits per heavy atom. The number of thiophene rings is 1. The van der Waals surface area contributed by atoms with Gasteiger partial charge in [-0.3, -0.25) is 0 Å². The van der Waals surface area contributed by atoms with Crippen LogP contribution in [0.2, 0.25) is 0 Å². The summed E-state index contributed by atoms with van der Waals surface area (Å²) in [6, 6.07) is 7.60. The Hall–Kier alpha value is -0.230. The maximum Gasteiger partial charge on any atom is 0.126 e. The summed E-state index contributed by atoms with van der Waals surface area (Å²) in [5.41, 5.74) is 1.65. The predicted molar refractivity (Wildman–Crippen MR) is 86.1 cm³/mol. The molecule has 1 aromatic heterocycles. The Bertz CT molecular complexity index is 563. The van der Waals surface area contributed by atoms with Crippen LogP contribution in [0.3, 0.4) is 0 Å². The lowest BCUT2D eigenvalue weighted by molar-refractivity contribution is 0.566. The van der Waals surface area contributed by atoms with Crippen molar-refractivity contribution >= 4 is 43.2 Å². The van der Waals surface area contributed by atoms with E-state index in [4.69, 9.17) is 0 Å². The zero-order valence-electron chi connectivity index (χ0n) is 10.6. The lowest BCUT2D eigenvalue weighted by atomic mass is 10.1. The molecule has 0 radical (unpaired) electrons. The molecule has 1 N–H and O–H groups in total. The summed E-state index contributed by atoms with van der Waals surface area (Å²) in [5.74, 6) is -0.146. The molecule has 1 nitrogen and oxygen atoms in total. The Morgan fingerprint density at radius 3 is 2.63 bits per heavy atom. The summed E-state index contributed by atoms with van der Waals surface area (Å²) >= 11 is 8.64. The highest BCUT2D eigenvalue weighted by Gasteiger charge is 2.09. The molecule has 0 amide bonds. The Morgan fingerprint density at radius 2 is 2.05 bits per heavy atom. The molecule has 0 spiro atoms.